The Morgan fingerprint density at radius 3 is 3.06 bits per heavy atom. The number of hydrogen-bond donors (Lipinski definition) is 0. The molecule has 1 unspecified atom stereocenters. The van der Waals surface area contributed by atoms with Crippen LogP contribution in [0.3, 0.4) is 0 Å². The van der Waals surface area contributed by atoms with Crippen molar-refractivity contribution in [3.63, 3.8) is 0 Å². The fourth-order valence-electron chi connectivity index (χ4n) is 2.61. The van der Waals surface area contributed by atoms with Crippen LogP contribution in [0.15, 0.2) is 30.9 Å². The van der Waals surface area contributed by atoms with Gasteiger partial charge in [0.25, 0.3) is 0 Å². The van der Waals surface area contributed by atoms with Crippen molar-refractivity contribution in [2.75, 3.05) is 13.3 Å². The molecular formula is C14H15NO3. The maximum absolute atomic E-state index is 11.8. The first-order valence-corrected chi connectivity index (χ1v) is 6.12. The lowest BCUT2D eigenvalue weighted by atomic mass is 10.0. The van der Waals surface area contributed by atoms with Crippen LogP contribution in [0, 0.1) is 0 Å². The number of nitrogens with zero attached hydrogens (tertiary/aromatic N) is 1. The summed E-state index contributed by atoms with van der Waals surface area (Å²) in [5, 5.41) is 0. The normalized spacial score (nSPS) is 21.1. The molecule has 4 nitrogen and oxygen atoms in total. The van der Waals surface area contributed by atoms with Crippen LogP contribution in [0.25, 0.3) is 0 Å². The molecule has 1 aromatic carbocycles. The highest BCUT2D eigenvalue weighted by molar-refractivity contribution is 5.87. The third-order valence-electron chi connectivity index (χ3n) is 3.49. The summed E-state index contributed by atoms with van der Waals surface area (Å²) in [5.41, 5.74) is 1.10. The predicted octanol–water partition coefficient (Wildman–Crippen LogP) is 2.26. The predicted molar refractivity (Wildman–Crippen MR) is 66.5 cm³/mol. The SMILES string of the molecule is C=CC(=O)N1CCCC1c1ccc2c(c1)OCO2. The fraction of sp³-hybridized carbons (Fsp3) is 0.357. The Balaban J connectivity index is 1.89. The molecule has 0 radical (unpaired) electrons. The topological polar surface area (TPSA) is 38.8 Å². The Morgan fingerprint density at radius 2 is 2.22 bits per heavy atom. The number of rotatable bonds is 2. The molecule has 2 aliphatic heterocycles. The maximum atomic E-state index is 11.8. The van der Waals surface area contributed by atoms with Gasteiger partial charge in [0.15, 0.2) is 11.5 Å². The quantitative estimate of drug-likeness (QED) is 0.750. The van der Waals surface area contributed by atoms with Crippen LogP contribution < -0.4 is 9.47 Å². The summed E-state index contributed by atoms with van der Waals surface area (Å²) in [5.74, 6) is 1.54. The van der Waals surface area contributed by atoms with E-state index in [-0.39, 0.29) is 18.7 Å². The number of amides is 1. The number of carbonyl (C=O) groups is 1. The molecule has 0 N–H and O–H groups in total. The Labute approximate surface area is 106 Å². The van der Waals surface area contributed by atoms with Gasteiger partial charge in [0.2, 0.25) is 12.7 Å². The van der Waals surface area contributed by atoms with E-state index >= 15 is 0 Å². The number of likely N-dealkylation sites (tertiary alicyclic amines) is 1. The summed E-state index contributed by atoms with van der Waals surface area (Å²) in [7, 11) is 0. The van der Waals surface area contributed by atoms with Crippen molar-refractivity contribution in [3.8, 4) is 11.5 Å². The van der Waals surface area contributed by atoms with Gasteiger partial charge in [-0.25, -0.2) is 0 Å². The monoisotopic (exact) mass is 245 g/mol. The van der Waals surface area contributed by atoms with Gasteiger partial charge in [0, 0.05) is 6.54 Å². The zero-order chi connectivity index (χ0) is 12.5. The number of hydrogen-bond acceptors (Lipinski definition) is 3. The number of carbonyl (C=O) groups excluding carboxylic acids is 1. The minimum Gasteiger partial charge on any atom is -0.454 e. The van der Waals surface area contributed by atoms with Gasteiger partial charge in [0.05, 0.1) is 6.04 Å². The van der Waals surface area contributed by atoms with E-state index in [0.29, 0.717) is 0 Å². The highest BCUT2D eigenvalue weighted by Crippen LogP contribution is 2.38. The molecule has 18 heavy (non-hydrogen) atoms. The van der Waals surface area contributed by atoms with E-state index in [4.69, 9.17) is 9.47 Å². The molecule has 0 aromatic heterocycles. The van der Waals surface area contributed by atoms with Crippen LogP contribution >= 0.6 is 0 Å². The van der Waals surface area contributed by atoms with E-state index in [2.05, 4.69) is 6.58 Å². The van der Waals surface area contributed by atoms with Gasteiger partial charge in [-0.15, -0.1) is 0 Å². The molecule has 0 bridgehead atoms. The first kappa shape index (κ1) is 11.1. The van der Waals surface area contributed by atoms with Crippen molar-refractivity contribution in [1.82, 2.24) is 4.90 Å². The molecule has 0 saturated carbocycles. The molecular weight excluding hydrogens is 230 g/mol. The summed E-state index contributed by atoms with van der Waals surface area (Å²) in [6.45, 7) is 4.63. The fourth-order valence-corrected chi connectivity index (χ4v) is 2.61. The molecule has 94 valence electrons. The zero-order valence-corrected chi connectivity index (χ0v) is 10.1. The second-order valence-corrected chi connectivity index (χ2v) is 4.51. The minimum atomic E-state index is -0.00448. The molecule has 1 saturated heterocycles. The lowest BCUT2D eigenvalue weighted by Gasteiger charge is -2.23. The van der Waals surface area contributed by atoms with Crippen molar-refractivity contribution >= 4 is 5.91 Å². The summed E-state index contributed by atoms with van der Waals surface area (Å²) < 4.78 is 10.7. The largest absolute Gasteiger partial charge is 0.454 e. The Bertz CT molecular complexity index is 498. The summed E-state index contributed by atoms with van der Waals surface area (Å²) in [6.07, 6.45) is 3.39. The maximum Gasteiger partial charge on any atom is 0.246 e. The molecule has 2 aliphatic rings. The second-order valence-electron chi connectivity index (χ2n) is 4.51. The minimum absolute atomic E-state index is 0.00448. The summed E-state index contributed by atoms with van der Waals surface area (Å²) in [6, 6.07) is 6.02. The molecule has 4 heteroatoms. The van der Waals surface area contributed by atoms with Crippen LogP contribution in [0.4, 0.5) is 0 Å². The number of benzene rings is 1. The third-order valence-corrected chi connectivity index (χ3v) is 3.49. The highest BCUT2D eigenvalue weighted by Gasteiger charge is 2.29. The van der Waals surface area contributed by atoms with Crippen LogP contribution in [0.1, 0.15) is 24.4 Å². The van der Waals surface area contributed by atoms with Crippen LogP contribution in [0.5, 0.6) is 11.5 Å². The molecule has 3 rings (SSSR count). The van der Waals surface area contributed by atoms with Crippen molar-refractivity contribution in [1.29, 1.82) is 0 Å². The van der Waals surface area contributed by atoms with Crippen molar-refractivity contribution < 1.29 is 14.3 Å². The van der Waals surface area contributed by atoms with Gasteiger partial charge in [-0.05, 0) is 36.6 Å². The molecule has 0 spiro atoms. The van der Waals surface area contributed by atoms with Gasteiger partial charge in [-0.2, -0.15) is 0 Å². The van der Waals surface area contributed by atoms with Gasteiger partial charge in [0.1, 0.15) is 0 Å². The molecule has 1 aromatic rings. The second kappa shape index (κ2) is 4.37. The van der Waals surface area contributed by atoms with E-state index in [1.165, 1.54) is 6.08 Å². The van der Waals surface area contributed by atoms with Crippen molar-refractivity contribution in [2.45, 2.75) is 18.9 Å². The third kappa shape index (κ3) is 1.74. The average molecular weight is 245 g/mol. The van der Waals surface area contributed by atoms with E-state index in [0.717, 1.165) is 36.4 Å². The van der Waals surface area contributed by atoms with Crippen molar-refractivity contribution in [3.05, 3.63) is 36.4 Å². The van der Waals surface area contributed by atoms with Gasteiger partial charge in [-0.1, -0.05) is 12.6 Å². The standard InChI is InChI=1S/C14H15NO3/c1-2-14(16)15-7-3-4-11(15)10-5-6-12-13(8-10)18-9-17-12/h2,5-6,8,11H,1,3-4,7,9H2. The van der Waals surface area contributed by atoms with Crippen LogP contribution in [-0.2, 0) is 4.79 Å². The molecule has 0 aliphatic carbocycles. The summed E-state index contributed by atoms with van der Waals surface area (Å²) in [4.78, 5) is 13.6. The molecule has 2 heterocycles. The Morgan fingerprint density at radius 1 is 1.39 bits per heavy atom. The summed E-state index contributed by atoms with van der Waals surface area (Å²) >= 11 is 0. The van der Waals surface area contributed by atoms with Gasteiger partial charge >= 0.3 is 0 Å². The van der Waals surface area contributed by atoms with E-state index in [1.54, 1.807) is 0 Å². The smallest absolute Gasteiger partial charge is 0.246 e. The molecule has 1 amide bonds. The zero-order valence-electron chi connectivity index (χ0n) is 10.1. The van der Waals surface area contributed by atoms with Gasteiger partial charge < -0.3 is 14.4 Å². The number of fused-ring (bicyclic) bond motifs is 1. The van der Waals surface area contributed by atoms with Crippen molar-refractivity contribution in [2.24, 2.45) is 0 Å². The first-order valence-electron chi connectivity index (χ1n) is 6.12. The number of ether oxygens (including phenoxy) is 2. The Kier molecular flexibility index (Phi) is 2.70. The van der Waals surface area contributed by atoms with E-state index < -0.39 is 0 Å². The Hall–Kier alpha value is -1.97. The van der Waals surface area contributed by atoms with E-state index in [9.17, 15) is 4.79 Å². The average Bonchev–Trinajstić information content (AvgIpc) is 3.05. The first-order chi connectivity index (χ1) is 8.79. The highest BCUT2D eigenvalue weighted by atomic mass is 16.7. The van der Waals surface area contributed by atoms with Gasteiger partial charge in [-0.3, -0.25) is 4.79 Å². The lowest BCUT2D eigenvalue weighted by Crippen LogP contribution is -2.28. The molecule has 1 atom stereocenters. The van der Waals surface area contributed by atoms with Crippen LogP contribution in [-0.4, -0.2) is 24.1 Å². The van der Waals surface area contributed by atoms with E-state index in [1.807, 2.05) is 23.1 Å². The van der Waals surface area contributed by atoms with Crippen LogP contribution in [0.2, 0.25) is 0 Å². The molecule has 1 fully saturated rings. The lowest BCUT2D eigenvalue weighted by molar-refractivity contribution is -0.126.